The van der Waals surface area contributed by atoms with Gasteiger partial charge in [-0.1, -0.05) is 6.92 Å². The summed E-state index contributed by atoms with van der Waals surface area (Å²) in [4.78, 5) is 16.2. The smallest absolute Gasteiger partial charge is 0.250 e. The zero-order valence-corrected chi connectivity index (χ0v) is 13.3. The molecule has 7 heteroatoms. The summed E-state index contributed by atoms with van der Waals surface area (Å²) in [5.41, 5.74) is 8.61. The molecule has 3 rings (SSSR count). The van der Waals surface area contributed by atoms with Crippen molar-refractivity contribution in [3.8, 4) is 0 Å². The van der Waals surface area contributed by atoms with Gasteiger partial charge in [0.1, 0.15) is 11.6 Å². The van der Waals surface area contributed by atoms with Crippen LogP contribution in [0.5, 0.6) is 0 Å². The summed E-state index contributed by atoms with van der Waals surface area (Å²) in [6, 6.07) is 5.31. The van der Waals surface area contributed by atoms with E-state index in [-0.39, 0.29) is 5.56 Å². The van der Waals surface area contributed by atoms with E-state index < -0.39 is 0 Å². The van der Waals surface area contributed by atoms with E-state index in [9.17, 15) is 4.79 Å². The van der Waals surface area contributed by atoms with Crippen molar-refractivity contribution in [3.05, 3.63) is 52.1 Å². The number of nitrogen functional groups attached to an aromatic ring is 1. The summed E-state index contributed by atoms with van der Waals surface area (Å²) in [6.07, 6.45) is 4.45. The van der Waals surface area contributed by atoms with Crippen LogP contribution < -0.4 is 16.6 Å². The topological polar surface area (TPSA) is 90.2 Å². The summed E-state index contributed by atoms with van der Waals surface area (Å²) in [7, 11) is 0. The summed E-state index contributed by atoms with van der Waals surface area (Å²) in [6.45, 7) is 5.18. The minimum absolute atomic E-state index is 0.00134. The number of aromatic nitrogens is 4. The molecule has 0 aliphatic carbocycles. The Labute approximate surface area is 133 Å². The van der Waals surface area contributed by atoms with Crippen molar-refractivity contribution >= 4 is 17.3 Å². The first-order valence-corrected chi connectivity index (χ1v) is 7.68. The van der Waals surface area contributed by atoms with Gasteiger partial charge < -0.3 is 15.6 Å². The maximum absolute atomic E-state index is 11.9. The number of hydrogen-bond donors (Lipinski definition) is 2. The molecule has 7 nitrogen and oxygen atoms in total. The molecule has 3 heterocycles. The molecule has 0 atom stereocenters. The highest BCUT2D eigenvalue weighted by Crippen LogP contribution is 2.18. The van der Waals surface area contributed by atoms with Crippen LogP contribution in [-0.2, 0) is 19.5 Å². The minimum atomic E-state index is -0.00134. The molecule has 0 aliphatic rings. The van der Waals surface area contributed by atoms with E-state index in [1.165, 1.54) is 0 Å². The fourth-order valence-electron chi connectivity index (χ4n) is 2.52. The summed E-state index contributed by atoms with van der Waals surface area (Å²) < 4.78 is 3.40. The lowest BCUT2D eigenvalue weighted by Crippen LogP contribution is -2.18. The van der Waals surface area contributed by atoms with E-state index in [0.29, 0.717) is 18.9 Å². The molecule has 0 saturated heterocycles. The van der Waals surface area contributed by atoms with Gasteiger partial charge in [-0.15, -0.1) is 0 Å². The number of rotatable bonds is 5. The molecule has 3 N–H and O–H groups in total. The van der Waals surface area contributed by atoms with Crippen LogP contribution in [0.1, 0.15) is 25.0 Å². The van der Waals surface area contributed by atoms with E-state index in [0.717, 1.165) is 29.0 Å². The number of pyridine rings is 1. The third-order valence-electron chi connectivity index (χ3n) is 3.82. The van der Waals surface area contributed by atoms with E-state index in [2.05, 4.69) is 22.3 Å². The number of nitrogens with one attached hydrogen (secondary N) is 1. The second kappa shape index (κ2) is 6.12. The quantitative estimate of drug-likeness (QED) is 0.748. The Hall–Kier alpha value is -2.83. The normalized spacial score (nSPS) is 11.0. The van der Waals surface area contributed by atoms with Crippen molar-refractivity contribution in [1.29, 1.82) is 0 Å². The molecule has 23 heavy (non-hydrogen) atoms. The van der Waals surface area contributed by atoms with Gasteiger partial charge in [-0.3, -0.25) is 4.79 Å². The molecule has 0 radical (unpaired) electrons. The molecule has 3 aromatic heterocycles. The van der Waals surface area contributed by atoms with Crippen LogP contribution >= 0.6 is 0 Å². The predicted molar refractivity (Wildman–Crippen MR) is 90.5 cm³/mol. The van der Waals surface area contributed by atoms with Crippen LogP contribution in [0.15, 0.2) is 35.4 Å². The maximum Gasteiger partial charge on any atom is 0.250 e. The number of nitrogens with zero attached hydrogens (tertiary/aromatic N) is 4. The monoisotopic (exact) mass is 312 g/mol. The Bertz CT molecular complexity index is 895. The lowest BCUT2D eigenvalue weighted by Gasteiger charge is -2.10. The fourth-order valence-corrected chi connectivity index (χ4v) is 2.52. The van der Waals surface area contributed by atoms with Crippen LogP contribution in [0.2, 0.25) is 0 Å². The lowest BCUT2D eigenvalue weighted by atomic mass is 10.2. The van der Waals surface area contributed by atoms with Crippen LogP contribution in [0.3, 0.4) is 0 Å². The molecular formula is C16H20N6O. The molecule has 0 fully saturated rings. The van der Waals surface area contributed by atoms with Gasteiger partial charge in [0.25, 0.3) is 5.56 Å². The van der Waals surface area contributed by atoms with Crippen LogP contribution in [0.25, 0.3) is 5.65 Å². The first kappa shape index (κ1) is 15.1. The first-order chi connectivity index (χ1) is 11.1. The third-order valence-corrected chi connectivity index (χ3v) is 3.82. The summed E-state index contributed by atoms with van der Waals surface area (Å²) >= 11 is 0. The number of fused-ring (bicyclic) bond motifs is 1. The fraction of sp³-hybridized carbons (Fsp3) is 0.312. The SMILES string of the molecule is CCc1cnn2c(NCc3ccn(CC)c(=O)c3)cc(N)nc12. The van der Waals surface area contributed by atoms with Gasteiger partial charge in [-0.25, -0.2) is 4.98 Å². The molecule has 0 saturated carbocycles. The lowest BCUT2D eigenvalue weighted by molar-refractivity contribution is 0.723. The highest BCUT2D eigenvalue weighted by molar-refractivity contribution is 5.58. The average Bonchev–Trinajstić information content (AvgIpc) is 2.95. The van der Waals surface area contributed by atoms with Crippen molar-refractivity contribution in [2.75, 3.05) is 11.1 Å². The van der Waals surface area contributed by atoms with Crippen molar-refractivity contribution in [2.45, 2.75) is 33.4 Å². The molecule has 0 bridgehead atoms. The average molecular weight is 312 g/mol. The molecule has 0 amide bonds. The Morgan fingerprint density at radius 1 is 1.30 bits per heavy atom. The van der Waals surface area contributed by atoms with Gasteiger partial charge in [0.2, 0.25) is 0 Å². The molecule has 0 aliphatic heterocycles. The van der Waals surface area contributed by atoms with Crippen molar-refractivity contribution in [2.24, 2.45) is 0 Å². The Morgan fingerprint density at radius 3 is 2.83 bits per heavy atom. The summed E-state index contributed by atoms with van der Waals surface area (Å²) in [5, 5.41) is 7.64. The number of anilines is 2. The maximum atomic E-state index is 11.9. The zero-order valence-electron chi connectivity index (χ0n) is 13.3. The van der Waals surface area contributed by atoms with E-state index in [1.54, 1.807) is 33.6 Å². The number of aryl methyl sites for hydroxylation is 2. The number of hydrogen-bond acceptors (Lipinski definition) is 5. The second-order valence-electron chi connectivity index (χ2n) is 5.34. The van der Waals surface area contributed by atoms with E-state index in [1.807, 2.05) is 13.0 Å². The van der Waals surface area contributed by atoms with Crippen molar-refractivity contribution in [1.82, 2.24) is 19.2 Å². The molecule has 120 valence electrons. The van der Waals surface area contributed by atoms with E-state index >= 15 is 0 Å². The third kappa shape index (κ3) is 2.90. The first-order valence-electron chi connectivity index (χ1n) is 7.68. The van der Waals surface area contributed by atoms with Crippen LogP contribution in [-0.4, -0.2) is 19.2 Å². The minimum Gasteiger partial charge on any atom is -0.384 e. The van der Waals surface area contributed by atoms with Crippen molar-refractivity contribution < 1.29 is 0 Å². The predicted octanol–water partition coefficient (Wildman–Crippen LogP) is 1.67. The Balaban J connectivity index is 1.88. The molecule has 3 aromatic rings. The van der Waals surface area contributed by atoms with Gasteiger partial charge in [0.05, 0.1) is 6.20 Å². The molecule has 0 aromatic carbocycles. The molecule has 0 spiro atoms. The van der Waals surface area contributed by atoms with Gasteiger partial charge in [0.15, 0.2) is 5.65 Å². The second-order valence-corrected chi connectivity index (χ2v) is 5.34. The van der Waals surface area contributed by atoms with Gasteiger partial charge in [0, 0.05) is 37.0 Å². The highest BCUT2D eigenvalue weighted by atomic mass is 16.1. The largest absolute Gasteiger partial charge is 0.384 e. The van der Waals surface area contributed by atoms with Crippen molar-refractivity contribution in [3.63, 3.8) is 0 Å². The Kier molecular flexibility index (Phi) is 4.01. The Morgan fingerprint density at radius 2 is 2.13 bits per heavy atom. The standard InChI is InChI=1S/C16H20N6O/c1-3-12-10-19-22-14(8-13(17)20-16(12)22)18-9-11-5-6-21(4-2)15(23)7-11/h5-8,10,18H,3-4,9H2,1-2H3,(H2,17,20). The van der Waals surface area contributed by atoms with Gasteiger partial charge in [-0.2, -0.15) is 9.61 Å². The van der Waals surface area contributed by atoms with Gasteiger partial charge in [-0.05, 0) is 25.0 Å². The van der Waals surface area contributed by atoms with Crippen LogP contribution in [0.4, 0.5) is 11.6 Å². The van der Waals surface area contributed by atoms with E-state index in [4.69, 9.17) is 5.73 Å². The van der Waals surface area contributed by atoms with Crippen LogP contribution in [0, 0.1) is 0 Å². The highest BCUT2D eigenvalue weighted by Gasteiger charge is 2.09. The van der Waals surface area contributed by atoms with Gasteiger partial charge >= 0.3 is 0 Å². The molecule has 0 unspecified atom stereocenters. The summed E-state index contributed by atoms with van der Waals surface area (Å²) in [5.74, 6) is 1.20. The zero-order chi connectivity index (χ0) is 16.4. The molecular weight excluding hydrogens is 292 g/mol. The number of nitrogens with two attached hydrogens (primary N) is 1.